The molecule has 4 rings (SSSR count). The molecular formula is C20H16ClF2N3O4S2. The first-order valence-electron chi connectivity index (χ1n) is 9.35. The number of thiazole rings is 1. The molecule has 0 unspecified atom stereocenters. The first-order valence-corrected chi connectivity index (χ1v) is 12.1. The van der Waals surface area contributed by atoms with Crippen LogP contribution in [0.2, 0.25) is 5.02 Å². The zero-order valence-electron chi connectivity index (χ0n) is 16.3. The summed E-state index contributed by atoms with van der Waals surface area (Å²) >= 11 is 7.21. The van der Waals surface area contributed by atoms with Crippen LogP contribution in [0.5, 0.6) is 0 Å². The van der Waals surface area contributed by atoms with Gasteiger partial charge in [-0.2, -0.15) is 4.31 Å². The van der Waals surface area contributed by atoms with Gasteiger partial charge in [0.25, 0.3) is 5.91 Å². The van der Waals surface area contributed by atoms with Crippen LogP contribution < -0.4 is 5.32 Å². The van der Waals surface area contributed by atoms with Gasteiger partial charge in [-0.3, -0.25) is 10.1 Å². The fraction of sp³-hybridized carbons (Fsp3) is 0.200. The van der Waals surface area contributed by atoms with Gasteiger partial charge >= 0.3 is 0 Å². The first-order chi connectivity index (χ1) is 15.3. The third kappa shape index (κ3) is 4.66. The van der Waals surface area contributed by atoms with E-state index >= 15 is 0 Å². The summed E-state index contributed by atoms with van der Waals surface area (Å²) in [5.74, 6) is -2.56. The highest BCUT2D eigenvalue weighted by molar-refractivity contribution is 7.89. The number of carbonyl (C=O) groups is 1. The van der Waals surface area contributed by atoms with Crippen molar-refractivity contribution in [2.24, 2.45) is 0 Å². The van der Waals surface area contributed by atoms with Crippen molar-refractivity contribution in [2.45, 2.75) is 4.90 Å². The lowest BCUT2D eigenvalue weighted by molar-refractivity contribution is 0.0730. The molecule has 7 nitrogen and oxygen atoms in total. The molecule has 1 N–H and O–H groups in total. The molecule has 0 spiro atoms. The number of carbonyl (C=O) groups excluding carboxylic acids is 1. The first kappa shape index (κ1) is 22.7. The maximum absolute atomic E-state index is 13.5. The molecule has 12 heteroatoms. The Morgan fingerprint density at radius 2 is 1.88 bits per heavy atom. The summed E-state index contributed by atoms with van der Waals surface area (Å²) in [6, 6.07) is 7.34. The molecule has 1 fully saturated rings. The van der Waals surface area contributed by atoms with Gasteiger partial charge < -0.3 is 4.74 Å². The maximum Gasteiger partial charge on any atom is 0.257 e. The van der Waals surface area contributed by atoms with E-state index < -0.39 is 27.6 Å². The van der Waals surface area contributed by atoms with E-state index in [1.54, 1.807) is 5.38 Å². The third-order valence-electron chi connectivity index (χ3n) is 4.72. The number of rotatable bonds is 5. The second-order valence-corrected chi connectivity index (χ2v) is 9.95. The summed E-state index contributed by atoms with van der Waals surface area (Å²) in [6.45, 7) is 0.949. The molecule has 32 heavy (non-hydrogen) atoms. The van der Waals surface area contributed by atoms with Crippen LogP contribution in [0.3, 0.4) is 0 Å². The molecule has 1 aliphatic heterocycles. The van der Waals surface area contributed by atoms with Crippen LogP contribution in [-0.2, 0) is 14.8 Å². The van der Waals surface area contributed by atoms with Crippen LogP contribution in [0.15, 0.2) is 46.7 Å². The lowest BCUT2D eigenvalue weighted by Gasteiger charge is -2.26. The molecule has 0 radical (unpaired) electrons. The number of halogens is 3. The number of aromatic nitrogens is 1. The summed E-state index contributed by atoms with van der Waals surface area (Å²) in [7, 11) is -3.90. The largest absolute Gasteiger partial charge is 0.379 e. The van der Waals surface area contributed by atoms with Crippen molar-refractivity contribution < 1.29 is 26.7 Å². The Hall–Kier alpha value is -2.44. The minimum absolute atomic E-state index is 0.00270. The van der Waals surface area contributed by atoms with E-state index in [0.29, 0.717) is 11.3 Å². The predicted molar refractivity (Wildman–Crippen MR) is 116 cm³/mol. The van der Waals surface area contributed by atoms with Crippen molar-refractivity contribution in [1.82, 2.24) is 9.29 Å². The molecular weight excluding hydrogens is 484 g/mol. The molecule has 1 saturated heterocycles. The van der Waals surface area contributed by atoms with Gasteiger partial charge in [0, 0.05) is 29.6 Å². The summed E-state index contributed by atoms with van der Waals surface area (Å²) in [6.07, 6.45) is 0. The minimum Gasteiger partial charge on any atom is -0.379 e. The Bertz CT molecular complexity index is 1280. The minimum atomic E-state index is -3.90. The van der Waals surface area contributed by atoms with Crippen LogP contribution in [-0.4, -0.2) is 49.9 Å². The molecule has 2 heterocycles. The van der Waals surface area contributed by atoms with Crippen LogP contribution >= 0.6 is 22.9 Å². The van der Waals surface area contributed by atoms with Crippen molar-refractivity contribution in [3.05, 3.63) is 64.0 Å². The van der Waals surface area contributed by atoms with Crippen molar-refractivity contribution in [3.63, 3.8) is 0 Å². The van der Waals surface area contributed by atoms with Crippen molar-refractivity contribution in [1.29, 1.82) is 0 Å². The fourth-order valence-electron chi connectivity index (χ4n) is 3.06. The number of hydrogen-bond acceptors (Lipinski definition) is 6. The van der Waals surface area contributed by atoms with Crippen molar-refractivity contribution in [3.8, 4) is 11.3 Å². The lowest BCUT2D eigenvalue weighted by Crippen LogP contribution is -2.40. The summed E-state index contributed by atoms with van der Waals surface area (Å²) in [5.41, 5.74) is 0.785. The van der Waals surface area contributed by atoms with E-state index in [4.69, 9.17) is 16.3 Å². The molecule has 3 aromatic rings. The van der Waals surface area contributed by atoms with E-state index in [1.807, 2.05) is 0 Å². The molecule has 0 aliphatic carbocycles. The van der Waals surface area contributed by atoms with Crippen LogP contribution in [0.4, 0.5) is 13.9 Å². The van der Waals surface area contributed by atoms with Gasteiger partial charge in [-0.05, 0) is 36.4 Å². The quantitative estimate of drug-likeness (QED) is 0.573. The van der Waals surface area contributed by atoms with E-state index in [-0.39, 0.29) is 46.9 Å². The number of morpholine rings is 1. The summed E-state index contributed by atoms with van der Waals surface area (Å²) in [5, 5.41) is 4.38. The van der Waals surface area contributed by atoms with Crippen LogP contribution in [0.1, 0.15) is 10.4 Å². The van der Waals surface area contributed by atoms with E-state index in [1.165, 1.54) is 28.6 Å². The number of hydrogen-bond donors (Lipinski definition) is 1. The van der Waals surface area contributed by atoms with Gasteiger partial charge in [0.05, 0.1) is 23.9 Å². The topological polar surface area (TPSA) is 88.6 Å². The molecule has 0 saturated carbocycles. The maximum atomic E-state index is 13.5. The van der Waals surface area contributed by atoms with Crippen LogP contribution in [0.25, 0.3) is 11.3 Å². The highest BCUT2D eigenvalue weighted by Crippen LogP contribution is 2.29. The molecule has 1 aliphatic rings. The molecule has 0 bridgehead atoms. The Morgan fingerprint density at radius 3 is 2.59 bits per heavy atom. The summed E-state index contributed by atoms with van der Waals surface area (Å²) in [4.78, 5) is 16.7. The smallest absolute Gasteiger partial charge is 0.257 e. The van der Waals surface area contributed by atoms with E-state index in [0.717, 1.165) is 23.5 Å². The van der Waals surface area contributed by atoms with Crippen molar-refractivity contribution >= 4 is 44.0 Å². The predicted octanol–water partition coefficient (Wildman–Crippen LogP) is 4.01. The van der Waals surface area contributed by atoms with Gasteiger partial charge in [-0.1, -0.05) is 11.6 Å². The van der Waals surface area contributed by atoms with Gasteiger partial charge in [-0.25, -0.2) is 22.2 Å². The van der Waals surface area contributed by atoms with Gasteiger partial charge in [0.15, 0.2) is 16.8 Å². The number of nitrogens with one attached hydrogen (secondary N) is 1. The Balaban J connectivity index is 1.55. The number of benzene rings is 2. The normalized spacial score (nSPS) is 15.0. The number of amides is 1. The number of anilines is 1. The fourth-order valence-corrected chi connectivity index (χ4v) is 5.68. The third-order valence-corrected chi connectivity index (χ3v) is 7.86. The Labute approximate surface area is 191 Å². The number of nitrogens with zero attached hydrogens (tertiary/aromatic N) is 2. The molecule has 1 aromatic heterocycles. The van der Waals surface area contributed by atoms with E-state index in [9.17, 15) is 22.0 Å². The van der Waals surface area contributed by atoms with Crippen LogP contribution in [0, 0.1) is 11.6 Å². The zero-order chi connectivity index (χ0) is 22.9. The van der Waals surface area contributed by atoms with Gasteiger partial charge in [0.1, 0.15) is 4.90 Å². The summed E-state index contributed by atoms with van der Waals surface area (Å²) < 4.78 is 58.9. The zero-order valence-corrected chi connectivity index (χ0v) is 18.7. The second-order valence-electron chi connectivity index (χ2n) is 6.78. The average molecular weight is 500 g/mol. The standard InChI is InChI=1S/C20H16ClF2N3O4S2/c21-14-3-1-13(10-18(14)32(28,29)26-5-7-30-8-6-26)19(27)25-20-24-17(11-31-20)12-2-4-15(22)16(23)9-12/h1-4,9-11H,5-8H2,(H,24,25,27). The van der Waals surface area contributed by atoms with Gasteiger partial charge in [-0.15, -0.1) is 11.3 Å². The monoisotopic (exact) mass is 499 g/mol. The average Bonchev–Trinajstić information content (AvgIpc) is 3.25. The Kier molecular flexibility index (Phi) is 6.54. The lowest BCUT2D eigenvalue weighted by atomic mass is 10.2. The number of sulfonamides is 1. The molecule has 168 valence electrons. The Morgan fingerprint density at radius 1 is 1.12 bits per heavy atom. The molecule has 1 amide bonds. The van der Waals surface area contributed by atoms with Crippen molar-refractivity contribution in [2.75, 3.05) is 31.6 Å². The SMILES string of the molecule is O=C(Nc1nc(-c2ccc(F)c(F)c2)cs1)c1ccc(Cl)c(S(=O)(=O)N2CCOCC2)c1. The highest BCUT2D eigenvalue weighted by atomic mass is 35.5. The van der Waals surface area contributed by atoms with E-state index in [2.05, 4.69) is 10.3 Å². The molecule has 0 atom stereocenters. The molecule has 2 aromatic carbocycles. The highest BCUT2D eigenvalue weighted by Gasteiger charge is 2.29. The number of ether oxygens (including phenoxy) is 1. The van der Waals surface area contributed by atoms with Gasteiger partial charge in [0.2, 0.25) is 10.0 Å². The second kappa shape index (κ2) is 9.20.